The Hall–Kier alpha value is -2.23. The van der Waals surface area contributed by atoms with E-state index >= 15 is 0 Å². The molecule has 1 atom stereocenters. The van der Waals surface area contributed by atoms with Crippen molar-refractivity contribution in [2.24, 2.45) is 0 Å². The number of ketones is 1. The van der Waals surface area contributed by atoms with Crippen LogP contribution >= 0.6 is 0 Å². The smallest absolute Gasteiger partial charge is 0.211 e. The highest BCUT2D eigenvalue weighted by atomic mass is 16.6. The largest absolute Gasteiger partial charge is 0.300 e. The lowest BCUT2D eigenvalue weighted by Crippen LogP contribution is -2.15. The molecule has 0 aliphatic heterocycles. The molecule has 0 saturated carbocycles. The number of Topliss-reactive ketones (excluding diaryl/α,β-unsaturated/α-hetero) is 1. The summed E-state index contributed by atoms with van der Waals surface area (Å²) in [6.07, 6.45) is 0.208. The van der Waals surface area contributed by atoms with Gasteiger partial charge in [0, 0.05) is 11.3 Å². The van der Waals surface area contributed by atoms with Crippen molar-refractivity contribution in [3.05, 3.63) is 58.1 Å². The monoisotopic (exact) mass is 257 g/mol. The molecule has 0 bridgehead atoms. The summed E-state index contributed by atoms with van der Waals surface area (Å²) in [5.41, 5.74) is 0.852. The molecule has 0 amide bonds. The molecular weight excluding hydrogens is 242 g/mol. The fraction of sp³-hybridized carbons (Fsp3) is 0.267. The number of fused-ring (bicyclic) bond motifs is 1. The van der Waals surface area contributed by atoms with E-state index < -0.39 is 0 Å². The minimum absolute atomic E-state index is 0.0278. The Kier molecular flexibility index (Phi) is 3.90. The number of nitro groups is 1. The summed E-state index contributed by atoms with van der Waals surface area (Å²) < 4.78 is 0. The summed E-state index contributed by atoms with van der Waals surface area (Å²) >= 11 is 0. The summed E-state index contributed by atoms with van der Waals surface area (Å²) in [5.74, 6) is -0.378. The van der Waals surface area contributed by atoms with Crippen LogP contribution in [0, 0.1) is 10.1 Å². The zero-order valence-electron chi connectivity index (χ0n) is 10.7. The minimum Gasteiger partial charge on any atom is -0.300 e. The molecule has 4 heteroatoms. The molecule has 4 nitrogen and oxygen atoms in total. The highest BCUT2D eigenvalue weighted by Gasteiger charge is 2.19. The van der Waals surface area contributed by atoms with Gasteiger partial charge >= 0.3 is 0 Å². The SMILES string of the molecule is CC(=O)C[C@H](C[N+](=O)[O-])c1ccc2ccccc2c1. The first-order valence-electron chi connectivity index (χ1n) is 6.16. The molecule has 0 aliphatic carbocycles. The predicted molar refractivity (Wildman–Crippen MR) is 73.8 cm³/mol. The summed E-state index contributed by atoms with van der Waals surface area (Å²) in [4.78, 5) is 21.6. The summed E-state index contributed by atoms with van der Waals surface area (Å²) in [6, 6.07) is 13.6. The molecule has 2 aromatic rings. The van der Waals surface area contributed by atoms with E-state index in [1.807, 2.05) is 42.5 Å². The van der Waals surface area contributed by atoms with Crippen LogP contribution in [0.1, 0.15) is 24.8 Å². The lowest BCUT2D eigenvalue weighted by molar-refractivity contribution is -0.483. The van der Waals surface area contributed by atoms with Crippen LogP contribution in [0.25, 0.3) is 10.8 Å². The van der Waals surface area contributed by atoms with Gasteiger partial charge in [-0.05, 0) is 23.3 Å². The van der Waals surface area contributed by atoms with Gasteiger partial charge in [0.1, 0.15) is 5.78 Å². The quantitative estimate of drug-likeness (QED) is 0.610. The molecule has 0 heterocycles. The van der Waals surface area contributed by atoms with Crippen molar-refractivity contribution in [1.82, 2.24) is 0 Å². The molecule has 0 aliphatic rings. The third-order valence-corrected chi connectivity index (χ3v) is 3.15. The van der Waals surface area contributed by atoms with Gasteiger partial charge in [0.15, 0.2) is 0 Å². The first kappa shape index (κ1) is 13.2. The average molecular weight is 257 g/mol. The molecular formula is C15H15NO3. The second-order valence-electron chi connectivity index (χ2n) is 4.72. The molecule has 0 unspecified atom stereocenters. The van der Waals surface area contributed by atoms with E-state index in [1.165, 1.54) is 6.92 Å². The third-order valence-electron chi connectivity index (χ3n) is 3.15. The maximum atomic E-state index is 11.2. The van der Waals surface area contributed by atoms with E-state index in [4.69, 9.17) is 0 Å². The Balaban J connectivity index is 2.37. The van der Waals surface area contributed by atoms with Crippen LogP contribution in [0.5, 0.6) is 0 Å². The van der Waals surface area contributed by atoms with Crippen LogP contribution in [0.3, 0.4) is 0 Å². The Morgan fingerprint density at radius 1 is 1.21 bits per heavy atom. The molecule has 2 rings (SSSR count). The Morgan fingerprint density at radius 3 is 2.53 bits per heavy atom. The van der Waals surface area contributed by atoms with E-state index in [0.717, 1.165) is 16.3 Å². The normalized spacial score (nSPS) is 12.3. The van der Waals surface area contributed by atoms with Gasteiger partial charge in [-0.2, -0.15) is 0 Å². The molecule has 0 N–H and O–H groups in total. The van der Waals surface area contributed by atoms with E-state index in [2.05, 4.69) is 0 Å². The summed E-state index contributed by atoms with van der Waals surface area (Å²) in [7, 11) is 0. The number of carbonyl (C=O) groups is 1. The predicted octanol–water partition coefficient (Wildman–Crippen LogP) is 3.18. The lowest BCUT2D eigenvalue weighted by atomic mass is 9.92. The van der Waals surface area contributed by atoms with Crippen LogP contribution < -0.4 is 0 Å². The Morgan fingerprint density at radius 2 is 1.89 bits per heavy atom. The number of carbonyl (C=O) groups excluding carboxylic acids is 1. The van der Waals surface area contributed by atoms with Crippen molar-refractivity contribution in [2.45, 2.75) is 19.3 Å². The molecule has 0 fully saturated rings. The second kappa shape index (κ2) is 5.61. The van der Waals surface area contributed by atoms with Crippen LogP contribution in [0.4, 0.5) is 0 Å². The summed E-state index contributed by atoms with van der Waals surface area (Å²) in [6.45, 7) is 1.26. The molecule has 19 heavy (non-hydrogen) atoms. The molecule has 0 spiro atoms. The minimum atomic E-state index is -0.358. The Labute approximate surface area is 111 Å². The van der Waals surface area contributed by atoms with Gasteiger partial charge in [-0.3, -0.25) is 10.1 Å². The van der Waals surface area contributed by atoms with Crippen molar-refractivity contribution in [2.75, 3.05) is 6.54 Å². The number of hydrogen-bond acceptors (Lipinski definition) is 3. The van der Waals surface area contributed by atoms with E-state index in [1.54, 1.807) is 0 Å². The van der Waals surface area contributed by atoms with E-state index in [0.29, 0.717) is 0 Å². The Bertz CT molecular complexity index is 606. The van der Waals surface area contributed by atoms with Gasteiger partial charge in [0.05, 0.1) is 5.92 Å². The van der Waals surface area contributed by atoms with Crippen molar-refractivity contribution in [1.29, 1.82) is 0 Å². The third kappa shape index (κ3) is 3.37. The lowest BCUT2D eigenvalue weighted by Gasteiger charge is -2.12. The van der Waals surface area contributed by atoms with E-state index in [-0.39, 0.29) is 29.6 Å². The van der Waals surface area contributed by atoms with Gasteiger partial charge in [-0.1, -0.05) is 42.5 Å². The van der Waals surface area contributed by atoms with Gasteiger partial charge in [0.2, 0.25) is 6.54 Å². The fourth-order valence-electron chi connectivity index (χ4n) is 2.28. The average Bonchev–Trinajstić information content (AvgIpc) is 2.36. The van der Waals surface area contributed by atoms with Crippen molar-refractivity contribution in [3.8, 4) is 0 Å². The highest BCUT2D eigenvalue weighted by molar-refractivity contribution is 5.83. The van der Waals surface area contributed by atoms with Gasteiger partial charge < -0.3 is 4.79 Å². The van der Waals surface area contributed by atoms with Crippen LogP contribution in [0.15, 0.2) is 42.5 Å². The molecule has 2 aromatic carbocycles. The highest BCUT2D eigenvalue weighted by Crippen LogP contribution is 2.24. The van der Waals surface area contributed by atoms with Crippen LogP contribution in [0.2, 0.25) is 0 Å². The number of hydrogen-bond donors (Lipinski definition) is 0. The molecule has 0 saturated heterocycles. The van der Waals surface area contributed by atoms with Gasteiger partial charge in [0.25, 0.3) is 0 Å². The van der Waals surface area contributed by atoms with Gasteiger partial charge in [-0.25, -0.2) is 0 Å². The zero-order chi connectivity index (χ0) is 13.8. The van der Waals surface area contributed by atoms with E-state index in [9.17, 15) is 14.9 Å². The van der Waals surface area contributed by atoms with Crippen LogP contribution in [-0.2, 0) is 4.79 Å². The molecule has 0 radical (unpaired) electrons. The number of rotatable bonds is 5. The number of benzene rings is 2. The molecule has 98 valence electrons. The van der Waals surface area contributed by atoms with Crippen molar-refractivity contribution >= 4 is 16.6 Å². The van der Waals surface area contributed by atoms with Crippen molar-refractivity contribution in [3.63, 3.8) is 0 Å². The fourth-order valence-corrected chi connectivity index (χ4v) is 2.28. The second-order valence-corrected chi connectivity index (χ2v) is 4.72. The first-order valence-corrected chi connectivity index (χ1v) is 6.16. The maximum Gasteiger partial charge on any atom is 0.211 e. The maximum absolute atomic E-state index is 11.2. The topological polar surface area (TPSA) is 60.2 Å². The molecule has 0 aromatic heterocycles. The van der Waals surface area contributed by atoms with Crippen LogP contribution in [-0.4, -0.2) is 17.3 Å². The van der Waals surface area contributed by atoms with Crippen molar-refractivity contribution < 1.29 is 9.72 Å². The summed E-state index contributed by atoms with van der Waals surface area (Å²) in [5, 5.41) is 12.9. The number of nitrogens with zero attached hydrogens (tertiary/aromatic N) is 1. The standard InChI is InChI=1S/C15H15NO3/c1-11(17)8-15(10-16(18)19)14-7-6-12-4-2-3-5-13(12)9-14/h2-7,9,15H,8,10H2,1H3/t15-/m1/s1. The zero-order valence-corrected chi connectivity index (χ0v) is 10.7. The van der Waals surface area contributed by atoms with Gasteiger partial charge in [-0.15, -0.1) is 0 Å². The first-order chi connectivity index (χ1) is 9.06.